The Morgan fingerprint density at radius 2 is 1.55 bits per heavy atom. The molecule has 0 aromatic heterocycles. The van der Waals surface area contributed by atoms with Crippen molar-refractivity contribution in [3.63, 3.8) is 0 Å². The van der Waals surface area contributed by atoms with Gasteiger partial charge in [-0.2, -0.15) is 11.8 Å². The summed E-state index contributed by atoms with van der Waals surface area (Å²) in [5.41, 5.74) is 3.42. The monoisotopic (exact) mass is 344 g/mol. The lowest BCUT2D eigenvalue weighted by molar-refractivity contribution is 0.570. The molecule has 0 unspecified atom stereocenters. The van der Waals surface area contributed by atoms with E-state index in [-0.39, 0.29) is 10.8 Å². The minimum absolute atomic E-state index is 0.0853. The molecule has 0 aliphatic rings. The molecule has 0 saturated heterocycles. The maximum absolute atomic E-state index is 5.51. The van der Waals surface area contributed by atoms with Crippen molar-refractivity contribution in [2.75, 3.05) is 6.26 Å². The summed E-state index contributed by atoms with van der Waals surface area (Å²) in [6.45, 7) is 13.6. The zero-order valence-corrected chi connectivity index (χ0v) is 16.9. The number of rotatable bonds is 3. The molecule has 0 N–H and O–H groups in total. The van der Waals surface area contributed by atoms with Crippen LogP contribution in [0, 0.1) is 0 Å². The smallest absolute Gasteiger partial charge is 0.0426 e. The van der Waals surface area contributed by atoms with Gasteiger partial charge in [-0.25, -0.2) is 0 Å². The molecule has 1 aromatic rings. The number of thioether (sulfide) groups is 1. The summed E-state index contributed by atoms with van der Waals surface area (Å²) in [4.78, 5) is 0. The topological polar surface area (TPSA) is 0 Å². The van der Waals surface area contributed by atoms with Crippen molar-refractivity contribution in [2.24, 2.45) is 0 Å². The summed E-state index contributed by atoms with van der Waals surface area (Å²) < 4.78 is 0. The van der Waals surface area contributed by atoms with Gasteiger partial charge in [0.2, 0.25) is 0 Å². The summed E-state index contributed by atoms with van der Waals surface area (Å²) in [6.07, 6.45) is 2.14. The number of hydrogen-bond acceptors (Lipinski definition) is 3. The van der Waals surface area contributed by atoms with E-state index >= 15 is 0 Å². The van der Waals surface area contributed by atoms with Crippen molar-refractivity contribution in [2.45, 2.75) is 58.1 Å². The van der Waals surface area contributed by atoms with Crippen molar-refractivity contribution in [3.8, 4) is 0 Å². The predicted octanol–water partition coefficient (Wildman–Crippen LogP) is 5.18. The highest BCUT2D eigenvalue weighted by molar-refractivity contribution is 8.28. The Hall–Kier alpha value is 0.310. The number of benzene rings is 1. The lowest BCUT2D eigenvalue weighted by atomic mass is 9.79. The van der Waals surface area contributed by atoms with Crippen LogP contribution < -0.4 is 5.30 Å². The first kappa shape index (κ1) is 18.4. The van der Waals surface area contributed by atoms with Crippen LogP contribution in [0.25, 0.3) is 0 Å². The highest BCUT2D eigenvalue weighted by Gasteiger charge is 2.24. The van der Waals surface area contributed by atoms with Crippen LogP contribution in [0.2, 0.25) is 0 Å². The third-order valence-electron chi connectivity index (χ3n) is 3.35. The van der Waals surface area contributed by atoms with Crippen molar-refractivity contribution in [1.29, 1.82) is 0 Å². The first-order valence-electron chi connectivity index (χ1n) is 6.79. The summed E-state index contributed by atoms with van der Waals surface area (Å²) in [7, 11) is 0. The van der Waals surface area contributed by atoms with Gasteiger partial charge in [-0.3, -0.25) is 0 Å². The molecule has 4 heteroatoms. The zero-order chi connectivity index (χ0) is 15.7. The van der Waals surface area contributed by atoms with E-state index in [1.165, 1.54) is 22.0 Å². The zero-order valence-electron chi connectivity index (χ0n) is 13.5. The van der Waals surface area contributed by atoms with E-state index in [1.54, 1.807) is 0 Å². The van der Waals surface area contributed by atoms with Crippen LogP contribution in [0.1, 0.15) is 58.2 Å². The third kappa shape index (κ3) is 4.40. The van der Waals surface area contributed by atoms with Gasteiger partial charge in [-0.15, -0.1) is 0 Å². The predicted molar refractivity (Wildman–Crippen MR) is 102 cm³/mol. The summed E-state index contributed by atoms with van der Waals surface area (Å²) in [6, 6.07) is 4.67. The molecule has 112 valence electrons. The van der Waals surface area contributed by atoms with Gasteiger partial charge in [-0.1, -0.05) is 53.7 Å². The van der Waals surface area contributed by atoms with E-state index in [0.717, 1.165) is 5.75 Å². The van der Waals surface area contributed by atoms with Gasteiger partial charge in [0.25, 0.3) is 0 Å². The molecule has 0 heterocycles. The second-order valence-corrected chi connectivity index (χ2v) is 11.9. The normalized spacial score (nSPS) is 12.6. The fourth-order valence-electron chi connectivity index (χ4n) is 2.18. The molecule has 0 spiro atoms. The maximum Gasteiger partial charge on any atom is 0.0426 e. The molecule has 0 aliphatic heterocycles. The third-order valence-corrected chi connectivity index (χ3v) is 5.93. The fraction of sp³-hybridized carbons (Fsp3) is 0.625. The van der Waals surface area contributed by atoms with Crippen molar-refractivity contribution in [3.05, 3.63) is 28.8 Å². The summed E-state index contributed by atoms with van der Waals surface area (Å²) >= 11 is 12.9. The van der Waals surface area contributed by atoms with Crippen LogP contribution in [0.3, 0.4) is 0 Å². The van der Waals surface area contributed by atoms with Gasteiger partial charge >= 0.3 is 0 Å². The number of hydrogen-bond donors (Lipinski definition) is 0. The molecule has 20 heavy (non-hydrogen) atoms. The van der Waals surface area contributed by atoms with Gasteiger partial charge < -0.3 is 0 Å². The Morgan fingerprint density at radius 3 is 1.90 bits per heavy atom. The van der Waals surface area contributed by atoms with E-state index in [4.69, 9.17) is 23.6 Å². The van der Waals surface area contributed by atoms with Crippen LogP contribution in [-0.4, -0.2) is 6.26 Å². The molecule has 0 amide bonds. The average molecular weight is 345 g/mol. The average Bonchev–Trinajstić information content (AvgIpc) is 2.25. The van der Waals surface area contributed by atoms with Crippen molar-refractivity contribution >= 4 is 46.2 Å². The Bertz CT molecular complexity index is 550. The van der Waals surface area contributed by atoms with Gasteiger partial charge in [-0.05, 0) is 57.4 Å². The van der Waals surface area contributed by atoms with Crippen molar-refractivity contribution in [1.82, 2.24) is 0 Å². The molecule has 0 nitrogen and oxygen atoms in total. The second-order valence-electron chi connectivity index (χ2n) is 7.22. The summed E-state index contributed by atoms with van der Waals surface area (Å²) in [5, 5.41) is 1.26. The second kappa shape index (κ2) is 6.60. The quantitative estimate of drug-likeness (QED) is 0.694. The van der Waals surface area contributed by atoms with Gasteiger partial charge in [0, 0.05) is 16.5 Å². The molecular weight excluding hydrogens is 319 g/mol. The minimum Gasteiger partial charge on any atom is -0.161 e. The first-order valence-corrected chi connectivity index (χ1v) is 11.6. The fourth-order valence-corrected chi connectivity index (χ4v) is 5.09. The lowest BCUT2D eigenvalue weighted by Crippen LogP contribution is -2.25. The van der Waals surface area contributed by atoms with Crippen LogP contribution in [0.5, 0.6) is 0 Å². The van der Waals surface area contributed by atoms with Crippen LogP contribution in [0.4, 0.5) is 0 Å². The molecule has 0 fully saturated rings. The molecule has 0 aliphatic carbocycles. The Balaban J connectivity index is 3.73. The van der Waals surface area contributed by atoms with E-state index in [2.05, 4.69) is 59.9 Å². The molecule has 0 atom stereocenters. The molecule has 0 radical (unpaired) electrons. The van der Waals surface area contributed by atoms with Gasteiger partial charge in [0.1, 0.15) is 0 Å². The summed E-state index contributed by atoms with van der Waals surface area (Å²) in [5.74, 6) is 0.994. The SMILES string of the molecule is CSCc1cc(C(C)(C)C)cc(C(C)(C)C)c1P(=S)=S. The molecule has 1 aromatic carbocycles. The Kier molecular flexibility index (Phi) is 6.06. The van der Waals surface area contributed by atoms with Crippen LogP contribution in [0.15, 0.2) is 12.1 Å². The molecular formula is C16H25PS3. The maximum atomic E-state index is 5.51. The Morgan fingerprint density at radius 1 is 1.00 bits per heavy atom. The largest absolute Gasteiger partial charge is 0.161 e. The molecule has 1 rings (SSSR count). The van der Waals surface area contributed by atoms with E-state index in [9.17, 15) is 0 Å². The van der Waals surface area contributed by atoms with E-state index in [1.807, 2.05) is 11.8 Å². The van der Waals surface area contributed by atoms with Crippen LogP contribution >= 0.6 is 17.2 Å². The van der Waals surface area contributed by atoms with E-state index in [0.29, 0.717) is 0 Å². The standard InChI is InChI=1S/C16H25PS3/c1-15(2,3)12-8-11(10-20-7)14(17(18)19)13(9-12)16(4,5)6/h8-9H,10H2,1-7H3. The molecule has 0 saturated carbocycles. The minimum atomic E-state index is -0.908. The van der Waals surface area contributed by atoms with E-state index < -0.39 is 5.47 Å². The highest BCUT2D eigenvalue weighted by Crippen LogP contribution is 2.33. The van der Waals surface area contributed by atoms with Crippen molar-refractivity contribution < 1.29 is 0 Å². The lowest BCUT2D eigenvalue weighted by Gasteiger charge is -2.28. The Labute approximate surface area is 139 Å². The molecule has 0 bridgehead atoms. The van der Waals surface area contributed by atoms with Gasteiger partial charge in [0.15, 0.2) is 0 Å². The highest BCUT2D eigenvalue weighted by atomic mass is 32.7. The van der Waals surface area contributed by atoms with Gasteiger partial charge in [0.05, 0.1) is 0 Å². The first-order chi connectivity index (χ1) is 8.98. The van der Waals surface area contributed by atoms with Crippen LogP contribution in [-0.2, 0) is 40.2 Å².